The first-order valence-corrected chi connectivity index (χ1v) is 9.72. The van der Waals surface area contributed by atoms with Crippen molar-refractivity contribution >= 4 is 23.0 Å². The zero-order chi connectivity index (χ0) is 21.1. The average Bonchev–Trinajstić information content (AvgIpc) is 3.28. The third kappa shape index (κ3) is 3.97. The van der Waals surface area contributed by atoms with E-state index >= 15 is 0 Å². The molecule has 1 fully saturated rings. The van der Waals surface area contributed by atoms with Gasteiger partial charge in [-0.05, 0) is 66.4 Å². The molecule has 0 spiro atoms. The van der Waals surface area contributed by atoms with Crippen LogP contribution in [0, 0.1) is 17.0 Å². The number of benzene rings is 2. The van der Waals surface area contributed by atoms with E-state index in [1.807, 2.05) is 13.0 Å². The predicted molar refractivity (Wildman–Crippen MR) is 111 cm³/mol. The summed E-state index contributed by atoms with van der Waals surface area (Å²) in [6, 6.07) is 9.84. The molecule has 0 radical (unpaired) electrons. The van der Waals surface area contributed by atoms with Crippen LogP contribution in [0.4, 0.5) is 17.1 Å². The molecule has 3 aromatic rings. The number of nitrogens with zero attached hydrogens (tertiary/aromatic N) is 6. The Balaban J connectivity index is 1.62. The molecule has 1 N–H and O–H groups in total. The molecular weight excluding hydrogens is 386 g/mol. The van der Waals surface area contributed by atoms with Gasteiger partial charge in [0.25, 0.3) is 11.6 Å². The van der Waals surface area contributed by atoms with Crippen LogP contribution in [0.1, 0.15) is 35.2 Å². The number of nitrogens with one attached hydrogen (secondary N) is 1. The Kier molecular flexibility index (Phi) is 5.38. The van der Waals surface area contributed by atoms with E-state index in [1.54, 1.807) is 18.2 Å². The number of amides is 1. The van der Waals surface area contributed by atoms with Gasteiger partial charge in [0.2, 0.25) is 0 Å². The van der Waals surface area contributed by atoms with Crippen molar-refractivity contribution in [2.24, 2.45) is 0 Å². The summed E-state index contributed by atoms with van der Waals surface area (Å²) in [6.07, 6.45) is 4.72. The summed E-state index contributed by atoms with van der Waals surface area (Å²) in [5.41, 5.74) is 3.17. The molecule has 1 saturated heterocycles. The van der Waals surface area contributed by atoms with Gasteiger partial charge in [0, 0.05) is 30.9 Å². The molecular formula is C20H21N7O3. The van der Waals surface area contributed by atoms with E-state index in [-0.39, 0.29) is 11.6 Å². The SMILES string of the molecule is Cc1cc(NC(=O)c2cc([N+](=O)[O-])ccc2N2CCCCC2)ccc1-n1cnnn1. The minimum absolute atomic E-state index is 0.105. The van der Waals surface area contributed by atoms with Crippen LogP contribution in [-0.4, -0.2) is 44.1 Å². The first-order chi connectivity index (χ1) is 14.5. The van der Waals surface area contributed by atoms with Crippen molar-refractivity contribution in [2.45, 2.75) is 26.2 Å². The van der Waals surface area contributed by atoms with Gasteiger partial charge in [0.1, 0.15) is 6.33 Å². The number of nitro benzene ring substituents is 1. The summed E-state index contributed by atoms with van der Waals surface area (Å²) in [6.45, 7) is 3.55. The molecule has 10 heteroatoms. The van der Waals surface area contributed by atoms with Crippen LogP contribution in [0.15, 0.2) is 42.7 Å². The predicted octanol–water partition coefficient (Wildman–Crippen LogP) is 3.12. The molecule has 1 aromatic heterocycles. The van der Waals surface area contributed by atoms with E-state index in [0.717, 1.165) is 49.3 Å². The Morgan fingerprint density at radius 3 is 2.53 bits per heavy atom. The van der Waals surface area contributed by atoms with Gasteiger partial charge in [-0.1, -0.05) is 0 Å². The third-order valence-electron chi connectivity index (χ3n) is 5.18. The van der Waals surface area contributed by atoms with E-state index in [1.165, 1.54) is 23.1 Å². The maximum Gasteiger partial charge on any atom is 0.270 e. The number of anilines is 2. The van der Waals surface area contributed by atoms with Crippen LogP contribution in [0.2, 0.25) is 0 Å². The fraction of sp³-hybridized carbons (Fsp3) is 0.300. The Hall–Kier alpha value is -3.82. The van der Waals surface area contributed by atoms with E-state index in [4.69, 9.17) is 0 Å². The maximum atomic E-state index is 13.1. The Morgan fingerprint density at radius 2 is 1.87 bits per heavy atom. The van der Waals surface area contributed by atoms with Crippen molar-refractivity contribution < 1.29 is 9.72 Å². The molecule has 0 saturated carbocycles. The monoisotopic (exact) mass is 407 g/mol. The second kappa shape index (κ2) is 8.27. The van der Waals surface area contributed by atoms with Gasteiger partial charge in [0.05, 0.1) is 21.9 Å². The Bertz CT molecular complexity index is 1080. The summed E-state index contributed by atoms with van der Waals surface area (Å²) in [4.78, 5) is 26.0. The first-order valence-electron chi connectivity index (χ1n) is 9.72. The van der Waals surface area contributed by atoms with Crippen LogP contribution in [0.5, 0.6) is 0 Å². The van der Waals surface area contributed by atoms with Crippen molar-refractivity contribution in [3.8, 4) is 5.69 Å². The minimum Gasteiger partial charge on any atom is -0.371 e. The zero-order valence-electron chi connectivity index (χ0n) is 16.5. The molecule has 0 atom stereocenters. The highest BCUT2D eigenvalue weighted by molar-refractivity contribution is 6.08. The van der Waals surface area contributed by atoms with Gasteiger partial charge in [0.15, 0.2) is 0 Å². The zero-order valence-corrected chi connectivity index (χ0v) is 16.5. The molecule has 2 aromatic carbocycles. The van der Waals surface area contributed by atoms with Crippen molar-refractivity contribution in [3.63, 3.8) is 0 Å². The highest BCUT2D eigenvalue weighted by atomic mass is 16.6. The van der Waals surface area contributed by atoms with Crippen LogP contribution >= 0.6 is 0 Å². The largest absolute Gasteiger partial charge is 0.371 e. The number of rotatable bonds is 5. The molecule has 0 bridgehead atoms. The Labute approximate surface area is 172 Å². The quantitative estimate of drug-likeness (QED) is 0.510. The standard InChI is InChI=1S/C20H21N7O3/c1-14-11-15(5-7-18(14)26-13-21-23-24-26)22-20(28)17-12-16(27(29)30)6-8-19(17)25-9-3-2-4-10-25/h5-8,11-13H,2-4,9-10H2,1H3,(H,22,28). The van der Waals surface area contributed by atoms with Gasteiger partial charge in [-0.25, -0.2) is 4.68 Å². The number of tetrazole rings is 1. The average molecular weight is 407 g/mol. The van der Waals surface area contributed by atoms with Crippen LogP contribution in [0.25, 0.3) is 5.69 Å². The molecule has 4 rings (SSSR count). The number of carbonyl (C=O) groups excluding carboxylic acids is 1. The van der Waals surface area contributed by atoms with Crippen LogP contribution < -0.4 is 10.2 Å². The fourth-order valence-electron chi connectivity index (χ4n) is 3.69. The van der Waals surface area contributed by atoms with E-state index in [9.17, 15) is 14.9 Å². The summed E-state index contributed by atoms with van der Waals surface area (Å²) in [5.74, 6) is -0.381. The highest BCUT2D eigenvalue weighted by Crippen LogP contribution is 2.29. The van der Waals surface area contributed by atoms with E-state index in [2.05, 4.69) is 25.7 Å². The molecule has 10 nitrogen and oxygen atoms in total. The van der Waals surface area contributed by atoms with Crippen molar-refractivity contribution in [2.75, 3.05) is 23.3 Å². The molecule has 30 heavy (non-hydrogen) atoms. The lowest BCUT2D eigenvalue weighted by Gasteiger charge is -2.30. The Morgan fingerprint density at radius 1 is 1.10 bits per heavy atom. The smallest absolute Gasteiger partial charge is 0.270 e. The van der Waals surface area contributed by atoms with Gasteiger partial charge in [-0.2, -0.15) is 0 Å². The van der Waals surface area contributed by atoms with E-state index in [0.29, 0.717) is 11.3 Å². The van der Waals surface area contributed by atoms with Gasteiger partial charge < -0.3 is 10.2 Å². The van der Waals surface area contributed by atoms with Crippen LogP contribution in [0.3, 0.4) is 0 Å². The third-order valence-corrected chi connectivity index (χ3v) is 5.18. The molecule has 0 aliphatic carbocycles. The summed E-state index contributed by atoms with van der Waals surface area (Å²) < 4.78 is 1.54. The minimum atomic E-state index is -0.484. The van der Waals surface area contributed by atoms with Gasteiger partial charge >= 0.3 is 0 Å². The summed E-state index contributed by atoms with van der Waals surface area (Å²) >= 11 is 0. The van der Waals surface area contributed by atoms with Crippen molar-refractivity contribution in [1.82, 2.24) is 20.2 Å². The van der Waals surface area contributed by atoms with Gasteiger partial charge in [-0.15, -0.1) is 5.10 Å². The fourth-order valence-corrected chi connectivity index (χ4v) is 3.69. The first kappa shape index (κ1) is 19.5. The molecule has 1 aliphatic rings. The lowest BCUT2D eigenvalue weighted by molar-refractivity contribution is -0.384. The molecule has 1 aliphatic heterocycles. The number of hydrogen-bond acceptors (Lipinski definition) is 7. The number of carbonyl (C=O) groups is 1. The molecule has 1 amide bonds. The molecule has 0 unspecified atom stereocenters. The molecule has 2 heterocycles. The number of aryl methyl sites for hydroxylation is 1. The van der Waals surface area contributed by atoms with Gasteiger partial charge in [-0.3, -0.25) is 14.9 Å². The van der Waals surface area contributed by atoms with Crippen LogP contribution in [-0.2, 0) is 0 Å². The maximum absolute atomic E-state index is 13.1. The second-order valence-electron chi connectivity index (χ2n) is 7.22. The number of piperidine rings is 1. The normalized spacial score (nSPS) is 13.8. The lowest BCUT2D eigenvalue weighted by atomic mass is 10.1. The van der Waals surface area contributed by atoms with E-state index < -0.39 is 4.92 Å². The lowest BCUT2D eigenvalue weighted by Crippen LogP contribution is -2.31. The number of non-ortho nitro benzene ring substituents is 1. The summed E-state index contributed by atoms with van der Waals surface area (Å²) in [7, 11) is 0. The van der Waals surface area contributed by atoms with Crippen molar-refractivity contribution in [1.29, 1.82) is 0 Å². The second-order valence-corrected chi connectivity index (χ2v) is 7.22. The topological polar surface area (TPSA) is 119 Å². The van der Waals surface area contributed by atoms with Crippen molar-refractivity contribution in [3.05, 3.63) is 64.0 Å². The summed E-state index contributed by atoms with van der Waals surface area (Å²) in [5, 5.41) is 25.3. The number of hydrogen-bond donors (Lipinski definition) is 1. The number of aromatic nitrogens is 4. The number of nitro groups is 1. The highest BCUT2D eigenvalue weighted by Gasteiger charge is 2.22. The molecule has 154 valence electrons.